The molecule has 0 amide bonds. The fraction of sp³-hybridized carbons (Fsp3) is 0.625. The third-order valence-corrected chi connectivity index (χ3v) is 2.99. The van der Waals surface area contributed by atoms with E-state index in [1.165, 1.54) is 18.9 Å². The van der Waals surface area contributed by atoms with Crippen LogP contribution >= 0.6 is 11.8 Å². The molecule has 0 saturated carbocycles. The number of hydrogen-bond donors (Lipinski definition) is 1. The molecule has 15 heavy (non-hydrogen) atoms. The van der Waals surface area contributed by atoms with Crippen molar-refractivity contribution in [2.45, 2.75) is 12.8 Å². The van der Waals surface area contributed by atoms with Crippen molar-refractivity contribution in [3.05, 3.63) is 20.8 Å². The average Bonchev–Trinajstić information content (AvgIpc) is 2.70. The molecule has 0 aromatic rings. The second-order valence-corrected chi connectivity index (χ2v) is 3.99. The molecule has 7 heteroatoms. The molecule has 1 rings (SSSR count). The molecule has 0 unspecified atom stereocenters. The number of esters is 1. The zero-order chi connectivity index (χ0) is 11.3. The Bertz CT molecular complexity index is 295. The van der Waals surface area contributed by atoms with Crippen LogP contribution in [-0.2, 0) is 9.53 Å². The van der Waals surface area contributed by atoms with Crippen molar-refractivity contribution in [2.75, 3.05) is 19.4 Å². The van der Waals surface area contributed by atoms with Crippen LogP contribution in [0.5, 0.6) is 0 Å². The molecule has 1 N–H and O–H groups in total. The van der Waals surface area contributed by atoms with Gasteiger partial charge in [-0.05, 0) is 0 Å². The van der Waals surface area contributed by atoms with Crippen LogP contribution in [0.4, 0.5) is 0 Å². The maximum atomic E-state index is 10.9. The molecule has 1 saturated heterocycles. The van der Waals surface area contributed by atoms with E-state index in [9.17, 15) is 14.9 Å². The molecule has 0 aromatic heterocycles. The summed E-state index contributed by atoms with van der Waals surface area (Å²) < 4.78 is 4.43. The van der Waals surface area contributed by atoms with E-state index in [1.807, 2.05) is 0 Å². The van der Waals surface area contributed by atoms with Crippen LogP contribution in [0.1, 0.15) is 12.8 Å². The van der Waals surface area contributed by atoms with E-state index in [4.69, 9.17) is 0 Å². The minimum Gasteiger partial charge on any atom is -0.469 e. The SMILES string of the molecule is COC(=O)CCC(=C1NCCS1)[N+](=O)[O-]. The lowest BCUT2D eigenvalue weighted by Gasteiger charge is -2.02. The predicted octanol–water partition coefficient (Wildman–Crippen LogP) is 0.722. The third-order valence-electron chi connectivity index (χ3n) is 1.91. The molecule has 1 aliphatic heterocycles. The number of nitro groups is 1. The lowest BCUT2D eigenvalue weighted by atomic mass is 10.2. The van der Waals surface area contributed by atoms with E-state index in [2.05, 4.69) is 10.1 Å². The molecule has 0 spiro atoms. The molecule has 84 valence electrons. The van der Waals surface area contributed by atoms with Gasteiger partial charge in [-0.1, -0.05) is 0 Å². The summed E-state index contributed by atoms with van der Waals surface area (Å²) in [7, 11) is 1.27. The van der Waals surface area contributed by atoms with Gasteiger partial charge in [-0.15, -0.1) is 11.8 Å². The largest absolute Gasteiger partial charge is 0.469 e. The first-order valence-corrected chi connectivity index (χ1v) is 5.44. The summed E-state index contributed by atoms with van der Waals surface area (Å²) >= 11 is 1.41. The Hall–Kier alpha value is -1.24. The summed E-state index contributed by atoms with van der Waals surface area (Å²) in [6.45, 7) is 0.732. The quantitative estimate of drug-likeness (QED) is 0.437. The molecular formula is C8H12N2O4S. The number of hydrogen-bond acceptors (Lipinski definition) is 6. The number of carbonyl (C=O) groups is 1. The number of methoxy groups -OCH3 is 1. The van der Waals surface area contributed by atoms with Gasteiger partial charge < -0.3 is 10.1 Å². The van der Waals surface area contributed by atoms with Gasteiger partial charge in [0.2, 0.25) is 0 Å². The van der Waals surface area contributed by atoms with Crippen molar-refractivity contribution >= 4 is 17.7 Å². The normalized spacial score (nSPS) is 18.2. The van der Waals surface area contributed by atoms with Crippen molar-refractivity contribution < 1.29 is 14.5 Å². The Morgan fingerprint density at radius 1 is 1.67 bits per heavy atom. The molecular weight excluding hydrogens is 220 g/mol. The Labute approximate surface area is 91.2 Å². The first kappa shape index (κ1) is 11.8. The van der Waals surface area contributed by atoms with Gasteiger partial charge in [0.1, 0.15) is 5.03 Å². The molecule has 1 fully saturated rings. The number of nitrogens with one attached hydrogen (secondary N) is 1. The van der Waals surface area contributed by atoms with E-state index in [1.54, 1.807) is 0 Å². The maximum absolute atomic E-state index is 10.9. The highest BCUT2D eigenvalue weighted by Crippen LogP contribution is 2.24. The van der Waals surface area contributed by atoms with Gasteiger partial charge in [0.15, 0.2) is 0 Å². The molecule has 1 heterocycles. The fourth-order valence-corrected chi connectivity index (χ4v) is 2.12. The van der Waals surface area contributed by atoms with Crippen LogP contribution in [0.3, 0.4) is 0 Å². The second kappa shape index (κ2) is 5.59. The Kier molecular flexibility index (Phi) is 4.41. The first-order chi connectivity index (χ1) is 7.15. The van der Waals surface area contributed by atoms with E-state index >= 15 is 0 Å². The summed E-state index contributed by atoms with van der Waals surface area (Å²) in [4.78, 5) is 21.1. The van der Waals surface area contributed by atoms with Crippen molar-refractivity contribution in [3.8, 4) is 0 Å². The summed E-state index contributed by atoms with van der Waals surface area (Å²) in [5.74, 6) is 0.392. The van der Waals surface area contributed by atoms with Crippen molar-refractivity contribution in [1.82, 2.24) is 5.32 Å². The zero-order valence-corrected chi connectivity index (χ0v) is 9.13. The predicted molar refractivity (Wildman–Crippen MR) is 55.7 cm³/mol. The second-order valence-electron chi connectivity index (χ2n) is 2.88. The Balaban J connectivity index is 2.63. The Morgan fingerprint density at radius 2 is 2.40 bits per heavy atom. The topological polar surface area (TPSA) is 81.5 Å². The van der Waals surface area contributed by atoms with Crippen LogP contribution in [-0.4, -0.2) is 30.3 Å². The van der Waals surface area contributed by atoms with Crippen LogP contribution in [0.15, 0.2) is 10.7 Å². The molecule has 0 aliphatic carbocycles. The fourth-order valence-electron chi connectivity index (χ4n) is 1.16. The number of nitrogens with zero attached hydrogens (tertiary/aromatic N) is 1. The standard InChI is InChI=1S/C8H12N2O4S/c1-14-7(11)3-2-6(10(12)13)8-9-4-5-15-8/h9H,2-5H2,1H3. The average molecular weight is 232 g/mol. The maximum Gasteiger partial charge on any atom is 0.306 e. The van der Waals surface area contributed by atoms with Gasteiger partial charge in [0.05, 0.1) is 24.9 Å². The van der Waals surface area contributed by atoms with Gasteiger partial charge in [-0.2, -0.15) is 0 Å². The highest BCUT2D eigenvalue weighted by Gasteiger charge is 2.23. The van der Waals surface area contributed by atoms with E-state index in [0.717, 1.165) is 12.3 Å². The van der Waals surface area contributed by atoms with Crippen LogP contribution in [0, 0.1) is 10.1 Å². The zero-order valence-electron chi connectivity index (χ0n) is 8.32. The molecule has 1 aliphatic rings. The van der Waals surface area contributed by atoms with Gasteiger partial charge in [-0.3, -0.25) is 14.9 Å². The van der Waals surface area contributed by atoms with Crippen molar-refractivity contribution in [1.29, 1.82) is 0 Å². The molecule has 6 nitrogen and oxygen atoms in total. The smallest absolute Gasteiger partial charge is 0.306 e. The van der Waals surface area contributed by atoms with Crippen molar-refractivity contribution in [2.24, 2.45) is 0 Å². The molecule has 0 radical (unpaired) electrons. The lowest BCUT2D eigenvalue weighted by molar-refractivity contribution is -0.428. The first-order valence-electron chi connectivity index (χ1n) is 4.46. The van der Waals surface area contributed by atoms with Gasteiger partial charge in [0.25, 0.3) is 5.70 Å². The number of allylic oxidation sites excluding steroid dienone is 1. The molecule has 0 bridgehead atoms. The summed E-state index contributed by atoms with van der Waals surface area (Å²) in [6, 6.07) is 0. The van der Waals surface area contributed by atoms with Crippen LogP contribution < -0.4 is 5.32 Å². The molecule has 0 aromatic carbocycles. The number of thioether (sulfide) groups is 1. The number of ether oxygens (including phenoxy) is 1. The minimum absolute atomic E-state index is 0.0402. The minimum atomic E-state index is -0.441. The monoisotopic (exact) mass is 232 g/mol. The van der Waals surface area contributed by atoms with Gasteiger partial charge in [0, 0.05) is 12.3 Å². The highest BCUT2D eigenvalue weighted by molar-refractivity contribution is 8.03. The van der Waals surface area contributed by atoms with Crippen LogP contribution in [0.25, 0.3) is 0 Å². The third kappa shape index (κ3) is 3.43. The van der Waals surface area contributed by atoms with Crippen LogP contribution in [0.2, 0.25) is 0 Å². The number of rotatable bonds is 4. The summed E-state index contributed by atoms with van der Waals surface area (Å²) in [5.41, 5.74) is 0.0721. The van der Waals surface area contributed by atoms with Gasteiger partial charge in [-0.25, -0.2) is 0 Å². The summed E-state index contributed by atoms with van der Waals surface area (Å²) in [5, 5.41) is 14.2. The van der Waals surface area contributed by atoms with Crippen molar-refractivity contribution in [3.63, 3.8) is 0 Å². The molecule has 0 atom stereocenters. The van der Waals surface area contributed by atoms with E-state index in [-0.39, 0.29) is 18.5 Å². The Morgan fingerprint density at radius 3 is 2.87 bits per heavy atom. The number of carbonyl (C=O) groups excluding carboxylic acids is 1. The summed E-state index contributed by atoms with van der Waals surface area (Å²) in [6.07, 6.45) is 0.146. The van der Waals surface area contributed by atoms with Gasteiger partial charge >= 0.3 is 5.97 Å². The van der Waals surface area contributed by atoms with E-state index in [0.29, 0.717) is 5.03 Å². The van der Waals surface area contributed by atoms with E-state index < -0.39 is 10.9 Å². The lowest BCUT2D eigenvalue weighted by Crippen LogP contribution is -2.13. The highest BCUT2D eigenvalue weighted by atomic mass is 32.2.